The lowest BCUT2D eigenvalue weighted by Gasteiger charge is -2.42. The molecule has 1 aromatic rings. The molecule has 1 saturated heterocycles. The maximum absolute atomic E-state index is 13.5. The van der Waals surface area contributed by atoms with E-state index >= 15 is 0 Å². The van der Waals surface area contributed by atoms with E-state index < -0.39 is 0 Å². The van der Waals surface area contributed by atoms with Gasteiger partial charge in [0, 0.05) is 38.2 Å². The SMILES string of the molecule is COc1ccc(NC(=O)N(C2CCCCCC2)C2CCN(C(C)=O)CC2)c(OC)c1. The maximum Gasteiger partial charge on any atom is 0.322 e. The normalized spacial score (nSPS) is 18.4. The highest BCUT2D eigenvalue weighted by atomic mass is 16.5. The highest BCUT2D eigenvalue weighted by Gasteiger charge is 2.34. The molecule has 0 spiro atoms. The van der Waals surface area contributed by atoms with Crippen LogP contribution in [0.1, 0.15) is 58.3 Å². The fourth-order valence-electron chi connectivity index (χ4n) is 4.71. The average molecular weight is 418 g/mol. The first kappa shape index (κ1) is 22.2. The highest BCUT2D eigenvalue weighted by Crippen LogP contribution is 2.32. The van der Waals surface area contributed by atoms with Gasteiger partial charge in [0.25, 0.3) is 0 Å². The Kier molecular flexibility index (Phi) is 7.82. The number of methoxy groups -OCH3 is 2. The number of carbonyl (C=O) groups excluding carboxylic acids is 2. The molecule has 30 heavy (non-hydrogen) atoms. The molecule has 1 saturated carbocycles. The Bertz CT molecular complexity index is 723. The molecule has 0 aromatic heterocycles. The summed E-state index contributed by atoms with van der Waals surface area (Å²) in [4.78, 5) is 29.2. The first-order chi connectivity index (χ1) is 14.5. The second-order valence-corrected chi connectivity index (χ2v) is 8.29. The van der Waals surface area contributed by atoms with Gasteiger partial charge >= 0.3 is 6.03 Å². The lowest BCUT2D eigenvalue weighted by Crippen LogP contribution is -2.53. The molecule has 166 valence electrons. The van der Waals surface area contributed by atoms with Gasteiger partial charge in [-0.3, -0.25) is 4.79 Å². The van der Waals surface area contributed by atoms with Crippen LogP contribution in [0.3, 0.4) is 0 Å². The Hall–Kier alpha value is -2.44. The summed E-state index contributed by atoms with van der Waals surface area (Å²) in [6, 6.07) is 5.72. The Morgan fingerprint density at radius 3 is 2.17 bits per heavy atom. The first-order valence-corrected chi connectivity index (χ1v) is 11.1. The summed E-state index contributed by atoms with van der Waals surface area (Å²) >= 11 is 0. The number of urea groups is 1. The minimum atomic E-state index is -0.0772. The number of nitrogens with one attached hydrogen (secondary N) is 1. The average Bonchev–Trinajstić information content (AvgIpc) is 3.04. The van der Waals surface area contributed by atoms with Crippen molar-refractivity contribution < 1.29 is 19.1 Å². The number of benzene rings is 1. The van der Waals surface area contributed by atoms with Crippen molar-refractivity contribution in [3.05, 3.63) is 18.2 Å². The van der Waals surface area contributed by atoms with Gasteiger partial charge in [-0.25, -0.2) is 4.79 Å². The first-order valence-electron chi connectivity index (χ1n) is 11.1. The molecule has 7 nitrogen and oxygen atoms in total. The number of hydrogen-bond acceptors (Lipinski definition) is 4. The molecular formula is C23H35N3O4. The maximum atomic E-state index is 13.5. The number of likely N-dealkylation sites (tertiary alicyclic amines) is 1. The van der Waals surface area contributed by atoms with Gasteiger partial charge in [0.1, 0.15) is 11.5 Å². The molecule has 0 radical (unpaired) electrons. The number of rotatable bonds is 5. The van der Waals surface area contributed by atoms with E-state index in [1.54, 1.807) is 27.2 Å². The van der Waals surface area contributed by atoms with Crippen LogP contribution in [-0.2, 0) is 4.79 Å². The fraction of sp³-hybridized carbons (Fsp3) is 0.652. The summed E-state index contributed by atoms with van der Waals surface area (Å²) in [5.74, 6) is 1.37. The van der Waals surface area contributed by atoms with E-state index in [9.17, 15) is 9.59 Å². The van der Waals surface area contributed by atoms with Crippen molar-refractivity contribution in [1.29, 1.82) is 0 Å². The zero-order valence-corrected chi connectivity index (χ0v) is 18.5. The van der Waals surface area contributed by atoms with E-state index in [0.717, 1.165) is 38.5 Å². The summed E-state index contributed by atoms with van der Waals surface area (Å²) in [5, 5.41) is 3.09. The molecule has 1 aliphatic carbocycles. The lowest BCUT2D eigenvalue weighted by atomic mass is 9.98. The van der Waals surface area contributed by atoms with Gasteiger partial charge in [-0.1, -0.05) is 25.7 Å². The molecule has 0 atom stereocenters. The Labute approximate surface area is 179 Å². The summed E-state index contributed by atoms with van der Waals surface area (Å²) < 4.78 is 10.7. The molecule has 0 bridgehead atoms. The summed E-state index contributed by atoms with van der Waals surface area (Å²) in [7, 11) is 3.19. The molecule has 2 fully saturated rings. The van der Waals surface area contributed by atoms with Gasteiger partial charge in [-0.15, -0.1) is 0 Å². The minimum Gasteiger partial charge on any atom is -0.497 e. The van der Waals surface area contributed by atoms with Crippen molar-refractivity contribution in [1.82, 2.24) is 9.80 Å². The van der Waals surface area contributed by atoms with Crippen LogP contribution >= 0.6 is 0 Å². The molecule has 2 aliphatic rings. The molecule has 3 amide bonds. The van der Waals surface area contributed by atoms with Gasteiger partial charge < -0.3 is 24.6 Å². The molecule has 7 heteroatoms. The third kappa shape index (κ3) is 5.37. The summed E-state index contributed by atoms with van der Waals surface area (Å²) in [6.07, 6.45) is 8.52. The van der Waals surface area contributed by atoms with E-state index in [0.29, 0.717) is 30.3 Å². The van der Waals surface area contributed by atoms with Gasteiger partial charge in [-0.2, -0.15) is 0 Å². The molecular weight excluding hydrogens is 382 g/mol. The fourth-order valence-corrected chi connectivity index (χ4v) is 4.71. The molecule has 3 rings (SSSR count). The van der Waals surface area contributed by atoms with Gasteiger partial charge in [0.15, 0.2) is 0 Å². The predicted octanol–water partition coefficient (Wildman–Crippen LogP) is 4.27. The predicted molar refractivity (Wildman–Crippen MR) is 117 cm³/mol. The van der Waals surface area contributed by atoms with E-state index in [1.165, 1.54) is 12.8 Å². The number of nitrogens with zero attached hydrogens (tertiary/aromatic N) is 2. The second kappa shape index (κ2) is 10.5. The van der Waals surface area contributed by atoms with Crippen molar-refractivity contribution in [3.8, 4) is 11.5 Å². The van der Waals surface area contributed by atoms with Crippen molar-refractivity contribution in [2.24, 2.45) is 0 Å². The van der Waals surface area contributed by atoms with Crippen LogP contribution in [0.5, 0.6) is 11.5 Å². The van der Waals surface area contributed by atoms with Gasteiger partial charge in [0.2, 0.25) is 5.91 Å². The number of amides is 3. The third-order valence-electron chi connectivity index (χ3n) is 6.41. The molecule has 1 aliphatic heterocycles. The van der Waals surface area contributed by atoms with Crippen LogP contribution in [-0.4, -0.2) is 61.1 Å². The van der Waals surface area contributed by atoms with Crippen molar-refractivity contribution >= 4 is 17.6 Å². The zero-order valence-electron chi connectivity index (χ0n) is 18.5. The quantitative estimate of drug-likeness (QED) is 0.726. The van der Waals surface area contributed by atoms with Crippen LogP contribution in [0.4, 0.5) is 10.5 Å². The van der Waals surface area contributed by atoms with Crippen LogP contribution in [0.15, 0.2) is 18.2 Å². The summed E-state index contributed by atoms with van der Waals surface area (Å²) in [6.45, 7) is 3.04. The highest BCUT2D eigenvalue weighted by molar-refractivity contribution is 5.91. The van der Waals surface area contributed by atoms with E-state index in [2.05, 4.69) is 10.2 Å². The third-order valence-corrected chi connectivity index (χ3v) is 6.41. The van der Waals surface area contributed by atoms with E-state index in [4.69, 9.17) is 9.47 Å². The smallest absolute Gasteiger partial charge is 0.322 e. The standard InChI is InChI=1S/C23H35N3O4/c1-17(27)25-14-12-19(13-15-25)26(18-8-6-4-5-7-9-18)23(28)24-21-11-10-20(29-2)16-22(21)30-3/h10-11,16,18-19H,4-9,12-15H2,1-3H3,(H,24,28). The molecule has 0 unspecified atom stereocenters. The zero-order chi connectivity index (χ0) is 21.5. The Morgan fingerprint density at radius 2 is 1.60 bits per heavy atom. The Balaban J connectivity index is 1.79. The van der Waals surface area contributed by atoms with Crippen LogP contribution in [0.2, 0.25) is 0 Å². The Morgan fingerprint density at radius 1 is 0.967 bits per heavy atom. The van der Waals surface area contributed by atoms with Crippen molar-refractivity contribution in [2.75, 3.05) is 32.6 Å². The van der Waals surface area contributed by atoms with Gasteiger partial charge in [-0.05, 0) is 37.8 Å². The number of anilines is 1. The lowest BCUT2D eigenvalue weighted by molar-refractivity contribution is -0.130. The molecule has 1 heterocycles. The van der Waals surface area contributed by atoms with Crippen molar-refractivity contribution in [3.63, 3.8) is 0 Å². The van der Waals surface area contributed by atoms with Crippen LogP contribution in [0.25, 0.3) is 0 Å². The molecule has 1 N–H and O–H groups in total. The topological polar surface area (TPSA) is 71.1 Å². The second-order valence-electron chi connectivity index (χ2n) is 8.29. The number of hydrogen-bond donors (Lipinski definition) is 1. The number of piperidine rings is 1. The summed E-state index contributed by atoms with van der Waals surface area (Å²) in [5.41, 5.74) is 0.642. The molecule has 1 aromatic carbocycles. The minimum absolute atomic E-state index is 0.0772. The van der Waals surface area contributed by atoms with Crippen LogP contribution in [0, 0.1) is 0 Å². The van der Waals surface area contributed by atoms with Crippen molar-refractivity contribution in [2.45, 2.75) is 70.4 Å². The van der Waals surface area contributed by atoms with E-state index in [-0.39, 0.29) is 24.0 Å². The van der Waals surface area contributed by atoms with Crippen LogP contribution < -0.4 is 14.8 Å². The number of ether oxygens (including phenoxy) is 2. The van der Waals surface area contributed by atoms with Gasteiger partial charge in [0.05, 0.1) is 19.9 Å². The largest absolute Gasteiger partial charge is 0.497 e. The van der Waals surface area contributed by atoms with E-state index in [1.807, 2.05) is 17.0 Å². The monoisotopic (exact) mass is 417 g/mol. The number of carbonyl (C=O) groups is 2.